The van der Waals surface area contributed by atoms with Crippen LogP contribution < -0.4 is 0 Å². The number of hydrogen-bond donors (Lipinski definition) is 0. The van der Waals surface area contributed by atoms with E-state index in [1.165, 1.54) is 20.7 Å². The maximum Gasteiger partial charge on any atom is 0.244 e. The number of halogens is 4. The Bertz CT molecular complexity index is 1050. The minimum absolute atomic E-state index is 0.0816. The molecule has 1 aliphatic heterocycles. The van der Waals surface area contributed by atoms with Crippen molar-refractivity contribution in [2.24, 2.45) is 0 Å². The smallest absolute Gasteiger partial charge is 0.207 e. The van der Waals surface area contributed by atoms with Gasteiger partial charge < -0.3 is 0 Å². The summed E-state index contributed by atoms with van der Waals surface area (Å²) in [7, 11) is -7.50. The highest BCUT2D eigenvalue weighted by Crippen LogP contribution is 2.31. The minimum atomic E-state index is -3.75. The average Bonchev–Trinajstić information content (AvgIpc) is 2.88. The molecular formula is C17H16Br4N2O4S2. The van der Waals surface area contributed by atoms with Gasteiger partial charge in [0, 0.05) is 44.1 Å². The zero-order valence-electron chi connectivity index (χ0n) is 14.9. The van der Waals surface area contributed by atoms with E-state index in [0.717, 1.165) is 8.95 Å². The van der Waals surface area contributed by atoms with Gasteiger partial charge in [0.2, 0.25) is 20.0 Å². The quantitative estimate of drug-likeness (QED) is 0.460. The van der Waals surface area contributed by atoms with Gasteiger partial charge in [-0.1, -0.05) is 31.9 Å². The van der Waals surface area contributed by atoms with Crippen molar-refractivity contribution in [1.29, 1.82) is 0 Å². The second-order valence-electron chi connectivity index (χ2n) is 6.31. The normalized spacial score (nSPS) is 17.2. The van der Waals surface area contributed by atoms with Crippen LogP contribution in [0, 0.1) is 0 Å². The van der Waals surface area contributed by atoms with Gasteiger partial charge in [-0.2, -0.15) is 8.61 Å². The number of hydrogen-bond acceptors (Lipinski definition) is 4. The highest BCUT2D eigenvalue weighted by molar-refractivity contribution is 9.11. The highest BCUT2D eigenvalue weighted by atomic mass is 79.9. The molecule has 0 atom stereocenters. The summed E-state index contributed by atoms with van der Waals surface area (Å²) in [5, 5.41) is 0. The molecule has 1 heterocycles. The van der Waals surface area contributed by atoms with Crippen LogP contribution in [0.2, 0.25) is 0 Å². The Balaban J connectivity index is 1.85. The van der Waals surface area contributed by atoms with Crippen molar-refractivity contribution in [3.05, 3.63) is 54.3 Å². The second kappa shape index (κ2) is 9.35. The van der Waals surface area contributed by atoms with E-state index < -0.39 is 20.0 Å². The van der Waals surface area contributed by atoms with Crippen molar-refractivity contribution in [2.75, 3.05) is 26.2 Å². The zero-order valence-corrected chi connectivity index (χ0v) is 22.8. The Morgan fingerprint density at radius 1 is 0.621 bits per heavy atom. The van der Waals surface area contributed by atoms with Crippen molar-refractivity contribution < 1.29 is 16.8 Å². The maximum atomic E-state index is 13.1. The van der Waals surface area contributed by atoms with E-state index >= 15 is 0 Å². The van der Waals surface area contributed by atoms with Crippen LogP contribution >= 0.6 is 63.7 Å². The van der Waals surface area contributed by atoms with Crippen molar-refractivity contribution in [3.63, 3.8) is 0 Å². The molecule has 2 aromatic carbocycles. The number of benzene rings is 2. The summed E-state index contributed by atoms with van der Waals surface area (Å²) in [5.74, 6) is 0. The highest BCUT2D eigenvalue weighted by Gasteiger charge is 2.33. The molecule has 0 radical (unpaired) electrons. The summed E-state index contributed by atoms with van der Waals surface area (Å²) in [5.41, 5.74) is 0. The molecule has 0 saturated carbocycles. The Hall–Kier alpha value is 0.180. The number of rotatable bonds is 4. The minimum Gasteiger partial charge on any atom is -0.207 e. The van der Waals surface area contributed by atoms with Gasteiger partial charge in [0.1, 0.15) is 0 Å². The van der Waals surface area contributed by atoms with Gasteiger partial charge in [-0.25, -0.2) is 16.8 Å². The summed E-state index contributed by atoms with van der Waals surface area (Å²) in [4.78, 5) is 0.320. The number of sulfonamides is 2. The molecule has 0 N–H and O–H groups in total. The molecule has 1 fully saturated rings. The first kappa shape index (κ1) is 23.8. The number of nitrogens with zero attached hydrogens (tertiary/aromatic N) is 2. The van der Waals surface area contributed by atoms with Gasteiger partial charge in [0.15, 0.2) is 0 Å². The van der Waals surface area contributed by atoms with Gasteiger partial charge in [-0.3, -0.25) is 0 Å². The molecule has 29 heavy (non-hydrogen) atoms. The fraction of sp³-hybridized carbons (Fsp3) is 0.294. The van der Waals surface area contributed by atoms with Crippen LogP contribution in [-0.4, -0.2) is 51.6 Å². The second-order valence-corrected chi connectivity index (χ2v) is 13.7. The lowest BCUT2D eigenvalue weighted by Gasteiger charge is -2.22. The molecule has 0 aliphatic carbocycles. The third-order valence-electron chi connectivity index (χ3n) is 4.44. The first-order valence-electron chi connectivity index (χ1n) is 8.44. The van der Waals surface area contributed by atoms with Gasteiger partial charge in [-0.15, -0.1) is 0 Å². The molecule has 0 bridgehead atoms. The Morgan fingerprint density at radius 2 is 1.00 bits per heavy atom. The SMILES string of the molecule is O=S(=O)(c1ccc(Br)cc1Br)N1CCCN(S(=O)(=O)c2ccc(Br)cc2Br)CC1. The molecule has 0 unspecified atom stereocenters. The molecular weight excluding hydrogens is 680 g/mol. The van der Waals surface area contributed by atoms with Crippen LogP contribution in [0.5, 0.6) is 0 Å². The van der Waals surface area contributed by atoms with E-state index in [-0.39, 0.29) is 36.0 Å². The predicted molar refractivity (Wildman–Crippen MR) is 126 cm³/mol. The monoisotopic (exact) mass is 692 g/mol. The standard InChI is InChI=1S/C17H16Br4N2O4S2/c18-12-2-4-16(14(20)10-12)28(24,25)22-6-1-7-23(9-8-22)29(26,27)17-5-3-13(19)11-15(17)21/h2-5,10-11H,1,6-9H2. The summed E-state index contributed by atoms with van der Waals surface area (Å²) < 4.78 is 57.5. The van der Waals surface area contributed by atoms with Crippen LogP contribution in [0.4, 0.5) is 0 Å². The lowest BCUT2D eigenvalue weighted by Crippen LogP contribution is -2.37. The fourth-order valence-electron chi connectivity index (χ4n) is 3.00. The van der Waals surface area contributed by atoms with Crippen molar-refractivity contribution in [2.45, 2.75) is 16.2 Å². The van der Waals surface area contributed by atoms with Crippen LogP contribution in [-0.2, 0) is 20.0 Å². The average molecular weight is 696 g/mol. The van der Waals surface area contributed by atoms with E-state index in [4.69, 9.17) is 0 Å². The van der Waals surface area contributed by atoms with Gasteiger partial charge in [0.05, 0.1) is 9.79 Å². The van der Waals surface area contributed by atoms with E-state index in [9.17, 15) is 16.8 Å². The van der Waals surface area contributed by atoms with E-state index in [2.05, 4.69) is 63.7 Å². The molecule has 0 amide bonds. The molecule has 12 heteroatoms. The topological polar surface area (TPSA) is 74.8 Å². The molecule has 1 saturated heterocycles. The summed E-state index contributed by atoms with van der Waals surface area (Å²) in [6.07, 6.45) is 0.404. The summed E-state index contributed by atoms with van der Waals surface area (Å²) in [6, 6.07) is 9.73. The van der Waals surface area contributed by atoms with Crippen LogP contribution in [0.3, 0.4) is 0 Å². The van der Waals surface area contributed by atoms with E-state index in [0.29, 0.717) is 15.4 Å². The van der Waals surface area contributed by atoms with Gasteiger partial charge >= 0.3 is 0 Å². The first-order chi connectivity index (χ1) is 13.5. The molecule has 0 spiro atoms. The van der Waals surface area contributed by atoms with Gasteiger partial charge in [-0.05, 0) is 74.7 Å². The largest absolute Gasteiger partial charge is 0.244 e. The molecule has 158 valence electrons. The molecule has 1 aliphatic rings. The first-order valence-corrected chi connectivity index (χ1v) is 14.5. The fourth-order valence-corrected chi connectivity index (χ4v) is 9.35. The summed E-state index contributed by atoms with van der Waals surface area (Å²) in [6.45, 7) is 0.660. The predicted octanol–water partition coefficient (Wildman–Crippen LogP) is 4.82. The van der Waals surface area contributed by atoms with E-state index in [1.54, 1.807) is 24.3 Å². The lowest BCUT2D eigenvalue weighted by molar-refractivity contribution is 0.404. The molecule has 2 aromatic rings. The molecule has 6 nitrogen and oxygen atoms in total. The lowest BCUT2D eigenvalue weighted by atomic mass is 10.4. The Morgan fingerprint density at radius 3 is 1.34 bits per heavy atom. The van der Waals surface area contributed by atoms with E-state index in [1.807, 2.05) is 0 Å². The van der Waals surface area contributed by atoms with Crippen molar-refractivity contribution in [3.8, 4) is 0 Å². The summed E-state index contributed by atoms with van der Waals surface area (Å²) >= 11 is 13.2. The van der Waals surface area contributed by atoms with Crippen molar-refractivity contribution >= 4 is 83.8 Å². The third-order valence-corrected chi connectivity index (χ3v) is 11.2. The van der Waals surface area contributed by atoms with Crippen LogP contribution in [0.1, 0.15) is 6.42 Å². The maximum absolute atomic E-state index is 13.1. The van der Waals surface area contributed by atoms with Crippen LogP contribution in [0.25, 0.3) is 0 Å². The third kappa shape index (κ3) is 5.16. The molecule has 3 rings (SSSR count). The van der Waals surface area contributed by atoms with Crippen molar-refractivity contribution in [1.82, 2.24) is 8.61 Å². The zero-order chi connectivity index (χ0) is 21.4. The Labute approximate surface area is 204 Å². The van der Waals surface area contributed by atoms with Gasteiger partial charge in [0.25, 0.3) is 0 Å². The Kier molecular flexibility index (Phi) is 7.69. The van der Waals surface area contributed by atoms with Crippen LogP contribution in [0.15, 0.2) is 64.1 Å². The molecule has 0 aromatic heterocycles.